The normalized spacial score (nSPS) is 11.9. The van der Waals surface area contributed by atoms with E-state index in [1.165, 1.54) is 7.11 Å². The lowest BCUT2D eigenvalue weighted by Crippen LogP contribution is -2.18. The number of ketones is 1. The lowest BCUT2D eigenvalue weighted by molar-refractivity contribution is -0.141. The first kappa shape index (κ1) is 22.0. The van der Waals surface area contributed by atoms with Gasteiger partial charge in [0.25, 0.3) is 0 Å². The van der Waals surface area contributed by atoms with Crippen molar-refractivity contribution in [3.05, 3.63) is 51.8 Å². The Hall–Kier alpha value is -2.31. The molecular weight excluding hydrogens is 382 g/mol. The third-order valence-electron chi connectivity index (χ3n) is 4.57. The fourth-order valence-electron chi connectivity index (χ4n) is 3.37. The van der Waals surface area contributed by atoms with Crippen LogP contribution < -0.4 is 4.74 Å². The number of aryl methyl sites for hydroxylation is 1. The van der Waals surface area contributed by atoms with Gasteiger partial charge in [0.2, 0.25) is 5.78 Å². The monoisotopic (exact) mass is 407 g/mol. The lowest BCUT2D eigenvalue weighted by Gasteiger charge is -2.17. The second-order valence-corrected chi connectivity index (χ2v) is 7.11. The number of ether oxygens (including phenoxy) is 3. The summed E-state index contributed by atoms with van der Waals surface area (Å²) in [4.78, 5) is 24.8. The first-order valence-corrected chi connectivity index (χ1v) is 9.34. The number of carbonyl (C=O) groups excluding carboxylic acids is 2. The van der Waals surface area contributed by atoms with E-state index in [9.17, 15) is 9.59 Å². The van der Waals surface area contributed by atoms with Gasteiger partial charge in [-0.25, -0.2) is 0 Å². The van der Waals surface area contributed by atoms with Crippen molar-refractivity contribution in [2.75, 3.05) is 27.4 Å². The minimum atomic E-state index is -0.518. The molecule has 6 nitrogen and oxygen atoms in total. The van der Waals surface area contributed by atoms with Crippen molar-refractivity contribution in [2.24, 2.45) is 0 Å². The number of halogens is 1. The predicted molar refractivity (Wildman–Crippen MR) is 107 cm³/mol. The van der Waals surface area contributed by atoms with E-state index in [1.807, 2.05) is 26.8 Å². The Morgan fingerprint density at radius 1 is 1.18 bits per heavy atom. The first-order valence-electron chi connectivity index (χ1n) is 8.97. The maximum atomic E-state index is 12.6. The zero-order valence-corrected chi connectivity index (χ0v) is 17.6. The quantitative estimate of drug-likeness (QED) is 0.465. The Bertz CT molecular complexity index is 859. The SMILES string of the molecule is COC[C@H](C)n1c(C)cc(C(=O)COC(=O)Cc2cc(Cl)ccc2OC)c1C. The van der Waals surface area contributed by atoms with Crippen molar-refractivity contribution in [3.8, 4) is 5.75 Å². The van der Waals surface area contributed by atoms with Gasteiger partial charge >= 0.3 is 5.97 Å². The van der Waals surface area contributed by atoms with Gasteiger partial charge in [-0.2, -0.15) is 0 Å². The third-order valence-corrected chi connectivity index (χ3v) is 4.81. The maximum absolute atomic E-state index is 12.6. The summed E-state index contributed by atoms with van der Waals surface area (Å²) in [6.45, 7) is 6.07. The van der Waals surface area contributed by atoms with Gasteiger partial charge in [0.1, 0.15) is 5.75 Å². The summed E-state index contributed by atoms with van der Waals surface area (Å²) < 4.78 is 17.7. The number of Topliss-reactive ketones (excluding diaryl/α,β-unsaturated/α-hetero) is 1. The van der Waals surface area contributed by atoms with E-state index in [-0.39, 0.29) is 24.9 Å². The van der Waals surface area contributed by atoms with E-state index < -0.39 is 5.97 Å². The van der Waals surface area contributed by atoms with Crippen LogP contribution in [0.4, 0.5) is 0 Å². The molecule has 0 radical (unpaired) electrons. The molecule has 28 heavy (non-hydrogen) atoms. The van der Waals surface area contributed by atoms with Crippen LogP contribution >= 0.6 is 11.6 Å². The largest absolute Gasteiger partial charge is 0.496 e. The number of aromatic nitrogens is 1. The molecule has 2 aromatic rings. The van der Waals surface area contributed by atoms with Crippen LogP contribution in [0.15, 0.2) is 24.3 Å². The average Bonchev–Trinajstić information content (AvgIpc) is 2.94. The molecule has 0 spiro atoms. The zero-order valence-electron chi connectivity index (χ0n) is 16.9. The van der Waals surface area contributed by atoms with Crippen molar-refractivity contribution in [1.82, 2.24) is 4.57 Å². The average molecular weight is 408 g/mol. The number of hydrogen-bond acceptors (Lipinski definition) is 5. The highest BCUT2D eigenvalue weighted by Gasteiger charge is 2.20. The van der Waals surface area contributed by atoms with Gasteiger partial charge in [0, 0.05) is 34.6 Å². The number of benzene rings is 1. The van der Waals surface area contributed by atoms with Crippen LogP contribution in [0.25, 0.3) is 0 Å². The smallest absolute Gasteiger partial charge is 0.310 e. The summed E-state index contributed by atoms with van der Waals surface area (Å²) in [6.07, 6.45) is -0.0269. The zero-order chi connectivity index (χ0) is 20.8. The first-order chi connectivity index (χ1) is 13.3. The van der Waals surface area contributed by atoms with Crippen molar-refractivity contribution < 1.29 is 23.8 Å². The van der Waals surface area contributed by atoms with Crippen LogP contribution in [-0.2, 0) is 20.7 Å². The van der Waals surface area contributed by atoms with Crippen LogP contribution in [0.1, 0.15) is 40.3 Å². The van der Waals surface area contributed by atoms with E-state index in [4.69, 9.17) is 25.8 Å². The summed E-state index contributed by atoms with van der Waals surface area (Å²) in [6, 6.07) is 6.93. The molecule has 0 aliphatic rings. The van der Waals surface area contributed by atoms with E-state index in [2.05, 4.69) is 4.57 Å². The molecule has 152 valence electrons. The molecule has 0 amide bonds. The maximum Gasteiger partial charge on any atom is 0.310 e. The van der Waals surface area contributed by atoms with Crippen LogP contribution in [0.2, 0.25) is 5.02 Å². The van der Waals surface area contributed by atoms with Gasteiger partial charge in [-0.05, 0) is 45.0 Å². The summed E-state index contributed by atoms with van der Waals surface area (Å²) in [7, 11) is 3.16. The highest BCUT2D eigenvalue weighted by atomic mass is 35.5. The van der Waals surface area contributed by atoms with Crippen molar-refractivity contribution >= 4 is 23.4 Å². The fourth-order valence-corrected chi connectivity index (χ4v) is 3.56. The van der Waals surface area contributed by atoms with E-state index in [1.54, 1.807) is 25.3 Å². The minimum Gasteiger partial charge on any atom is -0.496 e. The molecule has 0 fully saturated rings. The molecule has 7 heteroatoms. The third kappa shape index (κ3) is 5.14. The molecule has 1 atom stereocenters. The number of hydrogen-bond donors (Lipinski definition) is 0. The fraction of sp³-hybridized carbons (Fsp3) is 0.429. The van der Waals surface area contributed by atoms with Crippen molar-refractivity contribution in [2.45, 2.75) is 33.2 Å². The molecule has 1 aromatic heterocycles. The standard InChI is InChI=1S/C21H26ClNO5/c1-13-8-18(15(3)23(13)14(2)11-26-4)19(24)12-28-21(25)10-16-9-17(22)6-7-20(16)27-5/h6-9,14H,10-12H2,1-5H3/t14-/m0/s1. The molecule has 0 bridgehead atoms. The molecule has 0 saturated carbocycles. The second kappa shape index (κ2) is 9.75. The molecule has 0 aliphatic heterocycles. The number of rotatable bonds is 9. The Balaban J connectivity index is 2.04. The molecular formula is C21H26ClNO5. The molecule has 0 saturated heterocycles. The van der Waals surface area contributed by atoms with Gasteiger partial charge in [-0.1, -0.05) is 11.6 Å². The van der Waals surface area contributed by atoms with Crippen molar-refractivity contribution in [3.63, 3.8) is 0 Å². The molecule has 0 N–H and O–H groups in total. The number of esters is 1. The summed E-state index contributed by atoms with van der Waals surface area (Å²) >= 11 is 5.97. The number of methoxy groups -OCH3 is 2. The van der Waals surface area contributed by atoms with E-state index in [0.717, 1.165) is 11.4 Å². The predicted octanol–water partition coefficient (Wildman–Crippen LogP) is 3.94. The highest BCUT2D eigenvalue weighted by Crippen LogP contribution is 2.24. The highest BCUT2D eigenvalue weighted by molar-refractivity contribution is 6.30. The van der Waals surface area contributed by atoms with Gasteiger partial charge in [0.15, 0.2) is 6.61 Å². The van der Waals surface area contributed by atoms with Gasteiger partial charge < -0.3 is 18.8 Å². The van der Waals surface area contributed by atoms with E-state index in [0.29, 0.717) is 28.5 Å². The number of carbonyl (C=O) groups is 2. The second-order valence-electron chi connectivity index (χ2n) is 6.68. The summed E-state index contributed by atoms with van der Waals surface area (Å²) in [5, 5.41) is 0.497. The minimum absolute atomic E-state index is 0.0269. The van der Waals surface area contributed by atoms with Crippen LogP contribution in [0, 0.1) is 13.8 Å². The van der Waals surface area contributed by atoms with Crippen LogP contribution in [0.5, 0.6) is 5.75 Å². The van der Waals surface area contributed by atoms with Gasteiger partial charge in [0.05, 0.1) is 26.2 Å². The molecule has 0 unspecified atom stereocenters. The molecule has 1 heterocycles. The Morgan fingerprint density at radius 3 is 2.54 bits per heavy atom. The number of nitrogens with zero attached hydrogens (tertiary/aromatic N) is 1. The Kier molecular flexibility index (Phi) is 7.66. The lowest BCUT2D eigenvalue weighted by atomic mass is 10.1. The Morgan fingerprint density at radius 2 is 1.89 bits per heavy atom. The summed E-state index contributed by atoms with van der Waals surface area (Å²) in [5.74, 6) is -0.214. The van der Waals surface area contributed by atoms with E-state index >= 15 is 0 Å². The topological polar surface area (TPSA) is 66.8 Å². The van der Waals surface area contributed by atoms with Gasteiger partial charge in [-0.3, -0.25) is 9.59 Å². The van der Waals surface area contributed by atoms with Crippen LogP contribution in [-0.4, -0.2) is 43.8 Å². The summed E-state index contributed by atoms with van der Waals surface area (Å²) in [5.41, 5.74) is 2.95. The van der Waals surface area contributed by atoms with Crippen molar-refractivity contribution in [1.29, 1.82) is 0 Å². The van der Waals surface area contributed by atoms with Crippen LogP contribution in [0.3, 0.4) is 0 Å². The Labute approximate surface area is 170 Å². The molecule has 0 aliphatic carbocycles. The molecule has 2 rings (SSSR count). The molecule has 1 aromatic carbocycles. The van der Waals surface area contributed by atoms with Gasteiger partial charge in [-0.15, -0.1) is 0 Å².